The minimum atomic E-state index is 0.692. The molecule has 4 rings (SSSR count). The molecule has 1 aromatic heterocycles. The fourth-order valence-corrected chi connectivity index (χ4v) is 4.45. The fourth-order valence-electron chi connectivity index (χ4n) is 4.29. The number of piperazine rings is 1. The Labute approximate surface area is 155 Å². The minimum absolute atomic E-state index is 0.692. The lowest BCUT2D eigenvalue weighted by Crippen LogP contribution is -2.47. The predicted octanol–water partition coefficient (Wildman–Crippen LogP) is 4.82. The largest absolute Gasteiger partial charge is 0.354 e. The SMILES string of the molecule is C[C@H]1CC[C@H](CCN2CCN(c3noc4cc(Cl)ccc34)CC2)CC1. The lowest BCUT2D eigenvalue weighted by atomic mass is 9.81. The molecular formula is C20H28ClN3O. The van der Waals surface area contributed by atoms with Crippen LogP contribution < -0.4 is 4.90 Å². The van der Waals surface area contributed by atoms with Gasteiger partial charge in [-0.2, -0.15) is 0 Å². The third-order valence-corrected chi connectivity index (χ3v) is 6.31. The standard InChI is InChI=1S/C20H28ClN3O/c1-15-2-4-16(5-3-15)8-9-23-10-12-24(13-11-23)20-18-7-6-17(21)14-19(18)25-22-20/h6-7,14-16H,2-5,8-13H2,1H3/t15-,16-. The van der Waals surface area contributed by atoms with E-state index in [1.807, 2.05) is 18.2 Å². The number of fused-ring (bicyclic) bond motifs is 1. The van der Waals surface area contributed by atoms with Crippen LogP contribution in [0.25, 0.3) is 11.0 Å². The normalized spacial score (nSPS) is 25.6. The number of rotatable bonds is 4. The average Bonchev–Trinajstić information content (AvgIpc) is 3.04. The van der Waals surface area contributed by atoms with Crippen LogP contribution in [0.15, 0.2) is 22.7 Å². The number of anilines is 1. The van der Waals surface area contributed by atoms with Crippen molar-refractivity contribution in [2.45, 2.75) is 39.0 Å². The van der Waals surface area contributed by atoms with Gasteiger partial charge in [0.15, 0.2) is 11.4 Å². The zero-order valence-electron chi connectivity index (χ0n) is 15.1. The average molecular weight is 362 g/mol. The number of hydrogen-bond acceptors (Lipinski definition) is 4. The van der Waals surface area contributed by atoms with Crippen molar-refractivity contribution in [2.75, 3.05) is 37.6 Å². The van der Waals surface area contributed by atoms with Gasteiger partial charge in [0.05, 0.1) is 5.39 Å². The summed E-state index contributed by atoms with van der Waals surface area (Å²) in [4.78, 5) is 4.96. The zero-order chi connectivity index (χ0) is 17.2. The second-order valence-electron chi connectivity index (χ2n) is 7.89. The van der Waals surface area contributed by atoms with E-state index in [1.165, 1.54) is 38.6 Å². The van der Waals surface area contributed by atoms with Gasteiger partial charge in [-0.25, -0.2) is 0 Å². The zero-order valence-corrected chi connectivity index (χ0v) is 15.8. The highest BCUT2D eigenvalue weighted by atomic mass is 35.5. The first kappa shape index (κ1) is 17.2. The summed E-state index contributed by atoms with van der Waals surface area (Å²) in [5.74, 6) is 2.87. The van der Waals surface area contributed by atoms with E-state index in [0.29, 0.717) is 5.02 Å². The highest BCUT2D eigenvalue weighted by Crippen LogP contribution is 2.31. The molecule has 136 valence electrons. The van der Waals surface area contributed by atoms with Crippen molar-refractivity contribution < 1.29 is 4.52 Å². The Kier molecular flexibility index (Phi) is 5.18. The molecule has 0 spiro atoms. The Hall–Kier alpha value is -1.26. The summed E-state index contributed by atoms with van der Waals surface area (Å²) in [6, 6.07) is 5.76. The summed E-state index contributed by atoms with van der Waals surface area (Å²) >= 11 is 6.03. The molecule has 0 N–H and O–H groups in total. The topological polar surface area (TPSA) is 32.5 Å². The third-order valence-electron chi connectivity index (χ3n) is 6.08. The number of nitrogens with zero attached hydrogens (tertiary/aromatic N) is 3. The maximum Gasteiger partial charge on any atom is 0.180 e. The Balaban J connectivity index is 1.29. The van der Waals surface area contributed by atoms with Crippen molar-refractivity contribution in [3.8, 4) is 0 Å². The predicted molar refractivity (Wildman–Crippen MR) is 103 cm³/mol. The van der Waals surface area contributed by atoms with Crippen molar-refractivity contribution in [3.05, 3.63) is 23.2 Å². The monoisotopic (exact) mass is 361 g/mol. The molecule has 2 heterocycles. The van der Waals surface area contributed by atoms with E-state index in [4.69, 9.17) is 16.1 Å². The molecular weight excluding hydrogens is 334 g/mol. The molecule has 0 amide bonds. The number of benzene rings is 1. The number of halogens is 1. The Bertz CT molecular complexity index is 700. The van der Waals surface area contributed by atoms with Crippen LogP contribution in [-0.4, -0.2) is 42.8 Å². The van der Waals surface area contributed by atoms with Gasteiger partial charge in [-0.3, -0.25) is 4.90 Å². The smallest absolute Gasteiger partial charge is 0.180 e. The van der Waals surface area contributed by atoms with E-state index in [1.54, 1.807) is 0 Å². The maximum absolute atomic E-state index is 6.03. The quantitative estimate of drug-likeness (QED) is 0.781. The molecule has 1 saturated heterocycles. The Morgan fingerprint density at radius 3 is 2.64 bits per heavy atom. The van der Waals surface area contributed by atoms with Gasteiger partial charge >= 0.3 is 0 Å². The summed E-state index contributed by atoms with van der Waals surface area (Å²) < 4.78 is 5.46. The maximum atomic E-state index is 6.03. The number of hydrogen-bond donors (Lipinski definition) is 0. The molecule has 0 atom stereocenters. The van der Waals surface area contributed by atoms with E-state index in [9.17, 15) is 0 Å². The molecule has 5 heteroatoms. The van der Waals surface area contributed by atoms with Crippen LogP contribution in [0.2, 0.25) is 5.02 Å². The molecule has 2 aromatic rings. The molecule has 2 aliphatic rings. The first-order valence-electron chi connectivity index (χ1n) is 9.71. The first-order chi connectivity index (χ1) is 12.2. The van der Waals surface area contributed by atoms with Crippen molar-refractivity contribution in [2.24, 2.45) is 11.8 Å². The summed E-state index contributed by atoms with van der Waals surface area (Å²) in [7, 11) is 0. The first-order valence-corrected chi connectivity index (χ1v) is 10.1. The highest BCUT2D eigenvalue weighted by Gasteiger charge is 2.23. The van der Waals surface area contributed by atoms with Crippen molar-refractivity contribution in [1.82, 2.24) is 10.1 Å². The van der Waals surface area contributed by atoms with Crippen LogP contribution >= 0.6 is 11.6 Å². The van der Waals surface area contributed by atoms with Crippen LogP contribution in [0.3, 0.4) is 0 Å². The Morgan fingerprint density at radius 1 is 1.12 bits per heavy atom. The number of aromatic nitrogens is 1. The van der Waals surface area contributed by atoms with Crippen LogP contribution in [-0.2, 0) is 0 Å². The third kappa shape index (κ3) is 3.95. The van der Waals surface area contributed by atoms with Gasteiger partial charge in [0, 0.05) is 37.3 Å². The van der Waals surface area contributed by atoms with Gasteiger partial charge in [-0.15, -0.1) is 0 Å². The highest BCUT2D eigenvalue weighted by molar-refractivity contribution is 6.31. The summed E-state index contributed by atoms with van der Waals surface area (Å²) in [5.41, 5.74) is 0.774. The lowest BCUT2D eigenvalue weighted by molar-refractivity contribution is 0.208. The van der Waals surface area contributed by atoms with Crippen molar-refractivity contribution in [3.63, 3.8) is 0 Å². The van der Waals surface area contributed by atoms with Crippen LogP contribution in [0.4, 0.5) is 5.82 Å². The summed E-state index contributed by atoms with van der Waals surface area (Å²) in [6.45, 7) is 7.92. The molecule has 0 bridgehead atoms. The van der Waals surface area contributed by atoms with Gasteiger partial charge in [-0.05, 0) is 36.9 Å². The van der Waals surface area contributed by atoms with Crippen molar-refractivity contribution >= 4 is 28.4 Å². The van der Waals surface area contributed by atoms with Crippen molar-refractivity contribution in [1.29, 1.82) is 0 Å². The molecule has 4 nitrogen and oxygen atoms in total. The van der Waals surface area contributed by atoms with E-state index in [-0.39, 0.29) is 0 Å². The van der Waals surface area contributed by atoms with Gasteiger partial charge < -0.3 is 9.42 Å². The molecule has 0 radical (unpaired) electrons. The second-order valence-corrected chi connectivity index (χ2v) is 8.33. The minimum Gasteiger partial charge on any atom is -0.354 e. The Morgan fingerprint density at radius 2 is 1.88 bits per heavy atom. The fraction of sp³-hybridized carbons (Fsp3) is 0.650. The van der Waals surface area contributed by atoms with Gasteiger partial charge in [0.1, 0.15) is 0 Å². The molecule has 0 unspecified atom stereocenters. The van der Waals surface area contributed by atoms with Crippen LogP contribution in [0.5, 0.6) is 0 Å². The molecule has 1 saturated carbocycles. The van der Waals surface area contributed by atoms with Gasteiger partial charge in [0.25, 0.3) is 0 Å². The van der Waals surface area contributed by atoms with E-state index >= 15 is 0 Å². The van der Waals surface area contributed by atoms with E-state index in [2.05, 4.69) is 21.9 Å². The van der Waals surface area contributed by atoms with Crippen LogP contribution in [0.1, 0.15) is 39.0 Å². The lowest BCUT2D eigenvalue weighted by Gasteiger charge is -2.36. The second kappa shape index (κ2) is 7.55. The van der Waals surface area contributed by atoms with Crippen LogP contribution in [0, 0.1) is 11.8 Å². The van der Waals surface area contributed by atoms with E-state index in [0.717, 1.165) is 54.8 Å². The summed E-state index contributed by atoms with van der Waals surface area (Å²) in [6.07, 6.45) is 7.12. The molecule has 1 aliphatic carbocycles. The molecule has 1 aliphatic heterocycles. The van der Waals surface area contributed by atoms with Gasteiger partial charge in [-0.1, -0.05) is 49.4 Å². The van der Waals surface area contributed by atoms with Gasteiger partial charge in [0.2, 0.25) is 0 Å². The summed E-state index contributed by atoms with van der Waals surface area (Å²) in [5, 5.41) is 6.04. The van der Waals surface area contributed by atoms with E-state index < -0.39 is 0 Å². The molecule has 2 fully saturated rings. The molecule has 25 heavy (non-hydrogen) atoms. The molecule has 1 aromatic carbocycles.